The average molecular weight is 276 g/mol. The molecule has 0 spiro atoms. The highest BCUT2D eigenvalue weighted by molar-refractivity contribution is 5.79. The molecule has 0 aliphatic heterocycles. The fourth-order valence-electron chi connectivity index (χ4n) is 2.55. The highest BCUT2D eigenvalue weighted by atomic mass is 16.5. The van der Waals surface area contributed by atoms with Gasteiger partial charge >= 0.3 is 0 Å². The lowest BCUT2D eigenvalue weighted by atomic mass is 9.88. The van der Waals surface area contributed by atoms with Gasteiger partial charge in [0.2, 0.25) is 5.96 Å². The number of hydrazine groups is 1. The number of aliphatic imine (C=N–C) groups is 1. The van der Waals surface area contributed by atoms with E-state index in [1.807, 2.05) is 0 Å². The zero-order valence-electron chi connectivity index (χ0n) is 12.1. The van der Waals surface area contributed by atoms with E-state index >= 15 is 0 Å². The molecule has 1 aromatic carbocycles. The van der Waals surface area contributed by atoms with E-state index in [4.69, 9.17) is 10.6 Å². The zero-order chi connectivity index (χ0) is 14.2. The van der Waals surface area contributed by atoms with Gasteiger partial charge in [-0.3, -0.25) is 10.4 Å². The average Bonchev–Trinajstić information content (AvgIpc) is 2.50. The lowest BCUT2D eigenvalue weighted by Crippen LogP contribution is -2.48. The number of benzene rings is 1. The van der Waals surface area contributed by atoms with Crippen molar-refractivity contribution in [2.24, 2.45) is 10.8 Å². The van der Waals surface area contributed by atoms with Gasteiger partial charge in [-0.1, -0.05) is 24.3 Å². The minimum atomic E-state index is 0.391. The number of hydrogen-bond donors (Lipinski definition) is 3. The van der Waals surface area contributed by atoms with E-state index in [0.29, 0.717) is 18.5 Å². The Kier molecular flexibility index (Phi) is 5.83. The van der Waals surface area contributed by atoms with Gasteiger partial charge in [-0.25, -0.2) is 5.84 Å². The summed E-state index contributed by atoms with van der Waals surface area (Å²) in [5.74, 6) is 6.20. The largest absolute Gasteiger partial charge is 0.385 e. The first kappa shape index (κ1) is 14.8. The Morgan fingerprint density at radius 3 is 2.95 bits per heavy atom. The van der Waals surface area contributed by atoms with Gasteiger partial charge in [-0.05, 0) is 36.8 Å². The van der Waals surface area contributed by atoms with Crippen LogP contribution in [-0.4, -0.2) is 32.3 Å². The van der Waals surface area contributed by atoms with Crippen molar-refractivity contribution < 1.29 is 4.74 Å². The molecule has 0 aromatic heterocycles. The van der Waals surface area contributed by atoms with Gasteiger partial charge in [0, 0.05) is 26.3 Å². The van der Waals surface area contributed by atoms with Crippen molar-refractivity contribution in [3.05, 3.63) is 35.4 Å². The number of hydrogen-bond acceptors (Lipinski definition) is 3. The molecule has 0 fully saturated rings. The summed E-state index contributed by atoms with van der Waals surface area (Å²) in [5, 5.41) is 3.40. The summed E-state index contributed by atoms with van der Waals surface area (Å²) in [5.41, 5.74) is 5.53. The molecular weight excluding hydrogens is 252 g/mol. The van der Waals surface area contributed by atoms with Crippen LogP contribution < -0.4 is 16.6 Å². The predicted octanol–water partition coefficient (Wildman–Crippen LogP) is 0.989. The number of guanidine groups is 1. The first-order chi connectivity index (χ1) is 9.83. The van der Waals surface area contributed by atoms with Crippen LogP contribution in [0, 0.1) is 0 Å². The number of aryl methyl sites for hydroxylation is 1. The van der Waals surface area contributed by atoms with E-state index in [0.717, 1.165) is 32.3 Å². The standard InChI is InChI=1S/C15H24N4O/c1-20-10-4-9-17-15(19-16)18-14-8-7-12-5-2-3-6-13(12)11-14/h2-3,5-6,14H,4,7-11,16H2,1H3,(H2,17,18,19). The molecular formula is C15H24N4O. The number of ether oxygens (including phenoxy) is 1. The minimum Gasteiger partial charge on any atom is -0.385 e. The summed E-state index contributed by atoms with van der Waals surface area (Å²) in [6.07, 6.45) is 4.14. The highest BCUT2D eigenvalue weighted by Gasteiger charge is 2.18. The Balaban J connectivity index is 1.86. The zero-order valence-corrected chi connectivity index (χ0v) is 12.1. The summed E-state index contributed by atoms with van der Waals surface area (Å²) < 4.78 is 5.00. The fourth-order valence-corrected chi connectivity index (χ4v) is 2.55. The van der Waals surface area contributed by atoms with Crippen LogP contribution in [-0.2, 0) is 17.6 Å². The molecule has 1 atom stereocenters. The molecule has 110 valence electrons. The molecule has 0 amide bonds. The van der Waals surface area contributed by atoms with Gasteiger partial charge in [0.25, 0.3) is 0 Å². The molecule has 0 radical (unpaired) electrons. The Morgan fingerprint density at radius 1 is 1.40 bits per heavy atom. The van der Waals surface area contributed by atoms with Gasteiger partial charge < -0.3 is 10.1 Å². The molecule has 0 bridgehead atoms. The van der Waals surface area contributed by atoms with E-state index < -0.39 is 0 Å². The third-order valence-corrected chi connectivity index (χ3v) is 3.60. The lowest BCUT2D eigenvalue weighted by Gasteiger charge is -2.26. The lowest BCUT2D eigenvalue weighted by molar-refractivity contribution is 0.197. The van der Waals surface area contributed by atoms with E-state index in [-0.39, 0.29) is 0 Å². The molecule has 4 N–H and O–H groups in total. The van der Waals surface area contributed by atoms with E-state index in [2.05, 4.69) is 40.0 Å². The quantitative estimate of drug-likeness (QED) is 0.247. The number of nitrogens with one attached hydrogen (secondary N) is 2. The predicted molar refractivity (Wildman–Crippen MR) is 81.5 cm³/mol. The summed E-state index contributed by atoms with van der Waals surface area (Å²) >= 11 is 0. The molecule has 0 saturated heterocycles. The molecule has 1 unspecified atom stereocenters. The molecule has 5 heteroatoms. The maximum absolute atomic E-state index is 5.52. The second-order valence-corrected chi connectivity index (χ2v) is 5.07. The van der Waals surface area contributed by atoms with Crippen LogP contribution in [0.25, 0.3) is 0 Å². The summed E-state index contributed by atoms with van der Waals surface area (Å²) in [7, 11) is 1.70. The summed E-state index contributed by atoms with van der Waals surface area (Å²) in [4.78, 5) is 4.42. The van der Waals surface area contributed by atoms with E-state index in [1.165, 1.54) is 11.1 Å². The number of fused-ring (bicyclic) bond motifs is 1. The summed E-state index contributed by atoms with van der Waals surface area (Å²) in [6, 6.07) is 9.02. The van der Waals surface area contributed by atoms with Crippen molar-refractivity contribution in [3.8, 4) is 0 Å². The van der Waals surface area contributed by atoms with Crippen LogP contribution in [0.1, 0.15) is 24.0 Å². The number of nitrogens with zero attached hydrogens (tertiary/aromatic N) is 1. The van der Waals surface area contributed by atoms with Gasteiger partial charge in [-0.2, -0.15) is 0 Å². The van der Waals surface area contributed by atoms with Crippen LogP contribution in [0.2, 0.25) is 0 Å². The maximum atomic E-state index is 5.52. The Labute approximate surface area is 120 Å². The van der Waals surface area contributed by atoms with Crippen LogP contribution in [0.3, 0.4) is 0 Å². The molecule has 1 aliphatic carbocycles. The maximum Gasteiger partial charge on any atom is 0.205 e. The molecule has 0 heterocycles. The van der Waals surface area contributed by atoms with Crippen molar-refractivity contribution in [2.75, 3.05) is 20.3 Å². The molecule has 0 saturated carbocycles. The fraction of sp³-hybridized carbons (Fsp3) is 0.533. The van der Waals surface area contributed by atoms with Gasteiger partial charge in [0.1, 0.15) is 0 Å². The van der Waals surface area contributed by atoms with Crippen molar-refractivity contribution in [1.29, 1.82) is 0 Å². The number of nitrogens with two attached hydrogens (primary N) is 1. The van der Waals surface area contributed by atoms with E-state index in [9.17, 15) is 0 Å². The SMILES string of the molecule is COCCCN=C(NN)NC1CCc2ccccc2C1. The highest BCUT2D eigenvalue weighted by Crippen LogP contribution is 2.20. The van der Waals surface area contributed by atoms with Gasteiger partial charge in [0.15, 0.2) is 0 Å². The number of rotatable bonds is 5. The smallest absolute Gasteiger partial charge is 0.205 e. The Hall–Kier alpha value is -1.59. The Morgan fingerprint density at radius 2 is 2.20 bits per heavy atom. The van der Waals surface area contributed by atoms with Crippen LogP contribution in [0.5, 0.6) is 0 Å². The van der Waals surface area contributed by atoms with Crippen molar-refractivity contribution in [1.82, 2.24) is 10.7 Å². The van der Waals surface area contributed by atoms with E-state index in [1.54, 1.807) is 7.11 Å². The first-order valence-corrected chi connectivity index (χ1v) is 7.17. The third kappa shape index (κ3) is 4.21. The van der Waals surface area contributed by atoms with Crippen molar-refractivity contribution >= 4 is 5.96 Å². The molecule has 5 nitrogen and oxygen atoms in total. The topological polar surface area (TPSA) is 71.7 Å². The number of methoxy groups -OCH3 is 1. The van der Waals surface area contributed by atoms with Gasteiger partial charge in [-0.15, -0.1) is 0 Å². The van der Waals surface area contributed by atoms with Crippen LogP contribution in [0.4, 0.5) is 0 Å². The van der Waals surface area contributed by atoms with Crippen LogP contribution in [0.15, 0.2) is 29.3 Å². The first-order valence-electron chi connectivity index (χ1n) is 7.17. The second kappa shape index (κ2) is 7.87. The molecule has 1 aliphatic rings. The normalized spacial score (nSPS) is 18.5. The van der Waals surface area contributed by atoms with Gasteiger partial charge in [0.05, 0.1) is 0 Å². The third-order valence-electron chi connectivity index (χ3n) is 3.60. The molecule has 20 heavy (non-hydrogen) atoms. The Bertz CT molecular complexity index is 447. The second-order valence-electron chi connectivity index (χ2n) is 5.07. The minimum absolute atomic E-state index is 0.391. The summed E-state index contributed by atoms with van der Waals surface area (Å²) in [6.45, 7) is 1.43. The monoisotopic (exact) mass is 276 g/mol. The molecule has 2 rings (SSSR count). The molecule has 1 aromatic rings. The van der Waals surface area contributed by atoms with Crippen molar-refractivity contribution in [3.63, 3.8) is 0 Å². The van der Waals surface area contributed by atoms with Crippen molar-refractivity contribution in [2.45, 2.75) is 31.7 Å². The van der Waals surface area contributed by atoms with Crippen LogP contribution >= 0.6 is 0 Å².